The molecule has 1 fully saturated rings. The number of hydrogen-bond acceptors (Lipinski definition) is 3. The van der Waals surface area contributed by atoms with E-state index in [2.05, 4.69) is 48.9 Å². The number of carbonyl (C=O) groups excluding carboxylic acids is 1. The number of benzene rings is 2. The van der Waals surface area contributed by atoms with Crippen LogP contribution in [0.25, 0.3) is 10.9 Å². The molecule has 2 aromatic carbocycles. The Hall–Kier alpha value is -2.66. The predicted molar refractivity (Wildman–Crippen MR) is 131 cm³/mol. The summed E-state index contributed by atoms with van der Waals surface area (Å²) < 4.78 is 19.0. The highest BCUT2D eigenvalue weighted by atomic mass is 19.1. The number of ether oxygens (including phenoxy) is 1. The van der Waals surface area contributed by atoms with Crippen LogP contribution in [0.4, 0.5) is 4.39 Å². The molecule has 0 radical (unpaired) electrons. The third-order valence-corrected chi connectivity index (χ3v) is 7.61. The van der Waals surface area contributed by atoms with E-state index in [0.717, 1.165) is 41.8 Å². The molecule has 4 rings (SSSR count). The van der Waals surface area contributed by atoms with Crippen molar-refractivity contribution in [2.24, 2.45) is 5.92 Å². The molecule has 2 heterocycles. The molecule has 0 spiro atoms. The largest absolute Gasteiger partial charge is 0.454 e. The van der Waals surface area contributed by atoms with Gasteiger partial charge in [0.25, 0.3) is 0 Å². The van der Waals surface area contributed by atoms with Crippen LogP contribution in [0, 0.1) is 18.7 Å². The standard InChI is InChI=1S/C28H35FN2O2/c1-6-31-15-13-21(14-16-31)28(4,5)22-9-12-25-24(17-22)26(18(2)30-25)27(32)33-19(3)20-7-10-23(29)11-8-20/h7-12,17,19,21,30H,6,13-16H2,1-5H3/t19-/m0/s1. The van der Waals surface area contributed by atoms with Crippen LogP contribution >= 0.6 is 0 Å². The highest BCUT2D eigenvalue weighted by Crippen LogP contribution is 2.40. The lowest BCUT2D eigenvalue weighted by molar-refractivity contribution is 0.0339. The number of likely N-dealkylation sites (tertiary alicyclic amines) is 1. The Labute approximate surface area is 196 Å². The van der Waals surface area contributed by atoms with Gasteiger partial charge < -0.3 is 14.6 Å². The van der Waals surface area contributed by atoms with Crippen molar-refractivity contribution < 1.29 is 13.9 Å². The van der Waals surface area contributed by atoms with Gasteiger partial charge in [0.15, 0.2) is 0 Å². The molecule has 4 nitrogen and oxygen atoms in total. The van der Waals surface area contributed by atoms with Gasteiger partial charge in [-0.1, -0.05) is 39.0 Å². The first-order chi connectivity index (χ1) is 15.7. The van der Waals surface area contributed by atoms with Gasteiger partial charge >= 0.3 is 5.97 Å². The van der Waals surface area contributed by atoms with E-state index in [4.69, 9.17) is 4.74 Å². The maximum atomic E-state index is 13.3. The van der Waals surface area contributed by atoms with E-state index in [1.54, 1.807) is 12.1 Å². The Morgan fingerprint density at radius 1 is 1.18 bits per heavy atom. The van der Waals surface area contributed by atoms with Crippen molar-refractivity contribution in [3.05, 3.63) is 70.7 Å². The van der Waals surface area contributed by atoms with E-state index in [-0.39, 0.29) is 17.2 Å². The summed E-state index contributed by atoms with van der Waals surface area (Å²) in [5.74, 6) is -0.0614. The Morgan fingerprint density at radius 3 is 2.48 bits per heavy atom. The lowest BCUT2D eigenvalue weighted by Crippen LogP contribution is -2.40. The fraction of sp³-hybridized carbons (Fsp3) is 0.464. The fourth-order valence-corrected chi connectivity index (χ4v) is 5.22. The van der Waals surface area contributed by atoms with Crippen molar-refractivity contribution in [3.8, 4) is 0 Å². The zero-order chi connectivity index (χ0) is 23.8. The number of halogens is 1. The van der Waals surface area contributed by atoms with Crippen LogP contribution in [0.1, 0.15) is 73.8 Å². The van der Waals surface area contributed by atoms with Crippen LogP contribution in [0.2, 0.25) is 0 Å². The maximum Gasteiger partial charge on any atom is 0.341 e. The van der Waals surface area contributed by atoms with Crippen LogP contribution in [0.3, 0.4) is 0 Å². The first-order valence-electron chi connectivity index (χ1n) is 12.0. The summed E-state index contributed by atoms with van der Waals surface area (Å²) in [7, 11) is 0. The van der Waals surface area contributed by atoms with Gasteiger partial charge in [-0.15, -0.1) is 0 Å². The lowest BCUT2D eigenvalue weighted by Gasteiger charge is -2.41. The van der Waals surface area contributed by atoms with Crippen LogP contribution in [0.15, 0.2) is 42.5 Å². The Morgan fingerprint density at radius 2 is 1.85 bits per heavy atom. The molecule has 0 bridgehead atoms. The molecule has 1 aliphatic rings. The quantitative estimate of drug-likeness (QED) is 0.434. The number of nitrogens with zero attached hydrogens (tertiary/aromatic N) is 1. The monoisotopic (exact) mass is 450 g/mol. The van der Waals surface area contributed by atoms with E-state index in [0.29, 0.717) is 11.5 Å². The number of aryl methyl sites for hydroxylation is 1. The van der Waals surface area contributed by atoms with Crippen molar-refractivity contribution in [2.75, 3.05) is 19.6 Å². The van der Waals surface area contributed by atoms with Gasteiger partial charge in [0.05, 0.1) is 5.56 Å². The third kappa shape index (κ3) is 4.70. The van der Waals surface area contributed by atoms with E-state index in [1.165, 1.54) is 30.5 Å². The smallest absolute Gasteiger partial charge is 0.341 e. The Balaban J connectivity index is 1.60. The van der Waals surface area contributed by atoms with Crippen molar-refractivity contribution in [2.45, 2.75) is 59.0 Å². The number of nitrogens with one attached hydrogen (secondary N) is 1. The van der Waals surface area contributed by atoms with E-state index in [9.17, 15) is 9.18 Å². The van der Waals surface area contributed by atoms with Gasteiger partial charge in [-0.25, -0.2) is 9.18 Å². The second-order valence-corrected chi connectivity index (χ2v) is 9.91. The normalized spacial score (nSPS) is 16.8. The highest BCUT2D eigenvalue weighted by Gasteiger charge is 2.34. The SMILES string of the molecule is CCN1CCC(C(C)(C)c2ccc3[nH]c(C)c(C(=O)O[C@@H](C)c4ccc(F)cc4)c3c2)CC1. The number of aromatic amines is 1. The van der Waals surface area contributed by atoms with Gasteiger partial charge in [-0.05, 0) is 93.0 Å². The first-order valence-corrected chi connectivity index (χ1v) is 12.0. The van der Waals surface area contributed by atoms with Crippen molar-refractivity contribution in [1.82, 2.24) is 9.88 Å². The molecular weight excluding hydrogens is 415 g/mol. The van der Waals surface area contributed by atoms with Gasteiger partial charge in [-0.3, -0.25) is 0 Å². The number of carbonyl (C=O) groups is 1. The number of rotatable bonds is 6. The van der Waals surface area contributed by atoms with Gasteiger partial charge in [0.1, 0.15) is 11.9 Å². The van der Waals surface area contributed by atoms with Crippen molar-refractivity contribution in [1.29, 1.82) is 0 Å². The minimum atomic E-state index is -0.467. The molecule has 1 atom stereocenters. The summed E-state index contributed by atoms with van der Waals surface area (Å²) in [6, 6.07) is 12.5. The molecule has 0 aliphatic carbocycles. The molecular formula is C28H35FN2O2. The second kappa shape index (κ2) is 9.30. The first kappa shape index (κ1) is 23.5. The lowest BCUT2D eigenvalue weighted by atomic mass is 9.69. The van der Waals surface area contributed by atoms with Crippen LogP contribution < -0.4 is 0 Å². The Kier molecular flexibility index (Phi) is 6.62. The van der Waals surface area contributed by atoms with E-state index in [1.807, 2.05) is 13.8 Å². The summed E-state index contributed by atoms with van der Waals surface area (Å²) in [6.07, 6.45) is 1.91. The molecule has 0 unspecified atom stereocenters. The van der Waals surface area contributed by atoms with E-state index >= 15 is 0 Å². The number of hydrogen-bond donors (Lipinski definition) is 1. The molecule has 0 saturated carbocycles. The summed E-state index contributed by atoms with van der Waals surface area (Å²) in [5, 5.41) is 0.903. The van der Waals surface area contributed by atoms with Crippen molar-refractivity contribution >= 4 is 16.9 Å². The molecule has 1 N–H and O–H groups in total. The Bertz CT molecular complexity index is 1120. The molecule has 176 valence electrons. The molecule has 1 aliphatic heterocycles. The minimum absolute atomic E-state index is 0.0156. The highest BCUT2D eigenvalue weighted by molar-refractivity contribution is 6.05. The molecule has 33 heavy (non-hydrogen) atoms. The second-order valence-electron chi connectivity index (χ2n) is 9.91. The average molecular weight is 451 g/mol. The summed E-state index contributed by atoms with van der Waals surface area (Å²) in [4.78, 5) is 19.1. The summed E-state index contributed by atoms with van der Waals surface area (Å²) >= 11 is 0. The number of piperidine rings is 1. The number of H-pyrrole nitrogens is 1. The van der Waals surface area contributed by atoms with Crippen molar-refractivity contribution in [3.63, 3.8) is 0 Å². The van der Waals surface area contributed by atoms with Crippen LogP contribution in [-0.2, 0) is 10.2 Å². The molecule has 1 saturated heterocycles. The third-order valence-electron chi connectivity index (χ3n) is 7.61. The van der Waals surface area contributed by atoms with Gasteiger partial charge in [0, 0.05) is 16.6 Å². The average Bonchev–Trinajstić information content (AvgIpc) is 3.14. The summed E-state index contributed by atoms with van der Waals surface area (Å²) in [5.41, 5.74) is 4.35. The number of esters is 1. The molecule has 5 heteroatoms. The molecule has 1 aromatic heterocycles. The number of aromatic nitrogens is 1. The number of fused-ring (bicyclic) bond motifs is 1. The fourth-order valence-electron chi connectivity index (χ4n) is 5.22. The van der Waals surface area contributed by atoms with Crippen LogP contribution in [-0.4, -0.2) is 35.5 Å². The van der Waals surface area contributed by atoms with Crippen LogP contribution in [0.5, 0.6) is 0 Å². The molecule has 0 amide bonds. The minimum Gasteiger partial charge on any atom is -0.454 e. The summed E-state index contributed by atoms with van der Waals surface area (Å²) in [6.45, 7) is 14.0. The molecule has 3 aromatic rings. The zero-order valence-corrected chi connectivity index (χ0v) is 20.4. The predicted octanol–water partition coefficient (Wildman–Crippen LogP) is 6.54. The van der Waals surface area contributed by atoms with E-state index < -0.39 is 6.10 Å². The zero-order valence-electron chi connectivity index (χ0n) is 20.4. The van der Waals surface area contributed by atoms with Gasteiger partial charge in [0.2, 0.25) is 0 Å². The topological polar surface area (TPSA) is 45.3 Å². The van der Waals surface area contributed by atoms with Gasteiger partial charge in [-0.2, -0.15) is 0 Å². The maximum absolute atomic E-state index is 13.3.